The molecule has 1 aliphatic heterocycles. The van der Waals surface area contributed by atoms with Crippen LogP contribution in [0.25, 0.3) is 0 Å². The van der Waals surface area contributed by atoms with E-state index < -0.39 is 0 Å². The molecule has 2 unspecified atom stereocenters. The SMILES string of the molecule is Cn1ncnc1CC(NN)C1Cc2ccccc2O1. The molecule has 0 radical (unpaired) electrons. The van der Waals surface area contributed by atoms with Crippen molar-refractivity contribution in [3.63, 3.8) is 0 Å². The number of hydrogen-bond acceptors (Lipinski definition) is 5. The summed E-state index contributed by atoms with van der Waals surface area (Å²) in [4.78, 5) is 4.22. The van der Waals surface area contributed by atoms with E-state index in [0.29, 0.717) is 6.42 Å². The van der Waals surface area contributed by atoms with Gasteiger partial charge in [-0.05, 0) is 11.6 Å². The summed E-state index contributed by atoms with van der Waals surface area (Å²) < 4.78 is 7.71. The zero-order valence-corrected chi connectivity index (χ0v) is 10.8. The van der Waals surface area contributed by atoms with Gasteiger partial charge in [0.25, 0.3) is 0 Å². The second-order valence-electron chi connectivity index (χ2n) is 4.75. The van der Waals surface area contributed by atoms with Gasteiger partial charge in [0, 0.05) is 19.9 Å². The van der Waals surface area contributed by atoms with Crippen molar-refractivity contribution < 1.29 is 4.74 Å². The van der Waals surface area contributed by atoms with Crippen LogP contribution in [-0.2, 0) is 19.9 Å². The third kappa shape index (κ3) is 2.32. The molecule has 100 valence electrons. The number of fused-ring (bicyclic) bond motifs is 1. The van der Waals surface area contributed by atoms with Crippen molar-refractivity contribution in [2.45, 2.75) is 25.0 Å². The quantitative estimate of drug-likeness (QED) is 0.605. The number of nitrogens with zero attached hydrogens (tertiary/aromatic N) is 3. The Balaban J connectivity index is 1.73. The number of ether oxygens (including phenoxy) is 1. The Morgan fingerprint density at radius 2 is 2.37 bits per heavy atom. The molecule has 0 saturated carbocycles. The molecular formula is C13H17N5O. The van der Waals surface area contributed by atoms with Crippen molar-refractivity contribution in [2.24, 2.45) is 12.9 Å². The average Bonchev–Trinajstić information content (AvgIpc) is 3.02. The van der Waals surface area contributed by atoms with Crippen molar-refractivity contribution in [1.29, 1.82) is 0 Å². The molecule has 0 fully saturated rings. The van der Waals surface area contributed by atoms with Crippen LogP contribution in [0.4, 0.5) is 0 Å². The Morgan fingerprint density at radius 3 is 3.05 bits per heavy atom. The van der Waals surface area contributed by atoms with Crippen LogP contribution < -0.4 is 16.0 Å². The van der Waals surface area contributed by atoms with E-state index in [1.165, 1.54) is 5.56 Å². The van der Waals surface area contributed by atoms with Gasteiger partial charge in [-0.25, -0.2) is 4.98 Å². The molecule has 1 aliphatic rings. The number of nitrogens with one attached hydrogen (secondary N) is 1. The lowest BCUT2D eigenvalue weighted by atomic mass is 10.0. The Kier molecular flexibility index (Phi) is 3.18. The van der Waals surface area contributed by atoms with Crippen LogP contribution in [0.15, 0.2) is 30.6 Å². The number of para-hydroxylation sites is 1. The van der Waals surface area contributed by atoms with E-state index in [4.69, 9.17) is 10.6 Å². The number of aryl methyl sites for hydroxylation is 1. The maximum atomic E-state index is 5.95. The summed E-state index contributed by atoms with van der Waals surface area (Å²) in [5, 5.41) is 4.07. The highest BCUT2D eigenvalue weighted by atomic mass is 16.5. The van der Waals surface area contributed by atoms with Crippen LogP contribution in [-0.4, -0.2) is 26.9 Å². The first-order chi connectivity index (χ1) is 9.28. The van der Waals surface area contributed by atoms with Gasteiger partial charge < -0.3 is 4.74 Å². The van der Waals surface area contributed by atoms with Gasteiger partial charge in [-0.3, -0.25) is 16.0 Å². The molecule has 1 aromatic heterocycles. The number of rotatable bonds is 4. The van der Waals surface area contributed by atoms with Gasteiger partial charge in [-0.15, -0.1) is 0 Å². The zero-order chi connectivity index (χ0) is 13.2. The standard InChI is InChI=1S/C13H17N5O/c1-18-13(15-8-16-18)7-10(17-14)12-6-9-4-2-3-5-11(9)19-12/h2-5,8,10,12,17H,6-7,14H2,1H3. The van der Waals surface area contributed by atoms with Crippen LogP contribution in [0.3, 0.4) is 0 Å². The van der Waals surface area contributed by atoms with Gasteiger partial charge in [0.1, 0.15) is 24.0 Å². The normalized spacial score (nSPS) is 18.9. The van der Waals surface area contributed by atoms with E-state index in [2.05, 4.69) is 21.6 Å². The summed E-state index contributed by atoms with van der Waals surface area (Å²) in [7, 11) is 1.88. The lowest BCUT2D eigenvalue weighted by Gasteiger charge is -2.21. The largest absolute Gasteiger partial charge is 0.488 e. The topological polar surface area (TPSA) is 78.0 Å². The van der Waals surface area contributed by atoms with E-state index in [0.717, 1.165) is 18.0 Å². The molecule has 0 aliphatic carbocycles. The predicted octanol–water partition coefficient (Wildman–Crippen LogP) is 0.193. The summed E-state index contributed by atoms with van der Waals surface area (Å²) >= 11 is 0. The number of hydrazine groups is 1. The average molecular weight is 259 g/mol. The van der Waals surface area contributed by atoms with Gasteiger partial charge in [0.2, 0.25) is 0 Å². The van der Waals surface area contributed by atoms with E-state index >= 15 is 0 Å². The summed E-state index contributed by atoms with van der Waals surface area (Å²) in [5.41, 5.74) is 4.07. The highest BCUT2D eigenvalue weighted by Gasteiger charge is 2.30. The fraction of sp³-hybridized carbons (Fsp3) is 0.385. The molecule has 6 nitrogen and oxygen atoms in total. The Hall–Kier alpha value is -1.92. The first-order valence-corrected chi connectivity index (χ1v) is 6.31. The Labute approximate surface area is 111 Å². The fourth-order valence-corrected chi connectivity index (χ4v) is 2.43. The van der Waals surface area contributed by atoms with Crippen LogP contribution in [0, 0.1) is 0 Å². The molecule has 3 rings (SSSR count). The summed E-state index contributed by atoms with van der Waals surface area (Å²) in [6, 6.07) is 8.10. The maximum absolute atomic E-state index is 5.95. The highest BCUT2D eigenvalue weighted by molar-refractivity contribution is 5.37. The van der Waals surface area contributed by atoms with Crippen molar-refractivity contribution in [2.75, 3.05) is 0 Å². The lowest BCUT2D eigenvalue weighted by Crippen LogP contribution is -2.47. The minimum atomic E-state index is 0.00954. The number of hydrogen-bond donors (Lipinski definition) is 2. The zero-order valence-electron chi connectivity index (χ0n) is 10.8. The molecular weight excluding hydrogens is 242 g/mol. The molecule has 0 bridgehead atoms. The third-order valence-electron chi connectivity index (χ3n) is 3.54. The molecule has 0 spiro atoms. The monoisotopic (exact) mass is 259 g/mol. The molecule has 0 saturated heterocycles. The number of benzene rings is 1. The molecule has 19 heavy (non-hydrogen) atoms. The van der Waals surface area contributed by atoms with Gasteiger partial charge in [-0.2, -0.15) is 5.10 Å². The number of aromatic nitrogens is 3. The molecule has 2 heterocycles. The van der Waals surface area contributed by atoms with Crippen LogP contribution in [0.2, 0.25) is 0 Å². The second kappa shape index (κ2) is 4.99. The lowest BCUT2D eigenvalue weighted by molar-refractivity contribution is 0.175. The van der Waals surface area contributed by atoms with E-state index in [-0.39, 0.29) is 12.1 Å². The predicted molar refractivity (Wildman–Crippen MR) is 70.4 cm³/mol. The van der Waals surface area contributed by atoms with Gasteiger partial charge in [0.05, 0.1) is 6.04 Å². The smallest absolute Gasteiger partial charge is 0.138 e. The van der Waals surface area contributed by atoms with Crippen LogP contribution in [0.1, 0.15) is 11.4 Å². The summed E-state index contributed by atoms with van der Waals surface area (Å²) in [5.74, 6) is 7.51. The first-order valence-electron chi connectivity index (χ1n) is 6.31. The summed E-state index contributed by atoms with van der Waals surface area (Å²) in [6.45, 7) is 0. The number of nitrogens with two attached hydrogens (primary N) is 1. The van der Waals surface area contributed by atoms with Gasteiger partial charge in [-0.1, -0.05) is 18.2 Å². The van der Waals surface area contributed by atoms with Crippen molar-refractivity contribution >= 4 is 0 Å². The minimum Gasteiger partial charge on any atom is -0.488 e. The fourth-order valence-electron chi connectivity index (χ4n) is 2.43. The Morgan fingerprint density at radius 1 is 1.53 bits per heavy atom. The van der Waals surface area contributed by atoms with Crippen LogP contribution in [0.5, 0.6) is 5.75 Å². The summed E-state index contributed by atoms with van der Waals surface area (Å²) in [6.07, 6.45) is 3.13. The molecule has 2 atom stereocenters. The van der Waals surface area contributed by atoms with E-state index in [9.17, 15) is 0 Å². The molecule has 3 N–H and O–H groups in total. The van der Waals surface area contributed by atoms with Crippen molar-refractivity contribution in [3.8, 4) is 5.75 Å². The highest BCUT2D eigenvalue weighted by Crippen LogP contribution is 2.29. The van der Waals surface area contributed by atoms with Crippen LogP contribution >= 0.6 is 0 Å². The molecule has 6 heteroatoms. The van der Waals surface area contributed by atoms with Crippen molar-refractivity contribution in [1.82, 2.24) is 20.2 Å². The van der Waals surface area contributed by atoms with Crippen molar-refractivity contribution in [3.05, 3.63) is 42.0 Å². The third-order valence-corrected chi connectivity index (χ3v) is 3.54. The molecule has 0 amide bonds. The molecule has 2 aromatic rings. The Bertz CT molecular complexity index is 543. The van der Waals surface area contributed by atoms with E-state index in [1.54, 1.807) is 11.0 Å². The second-order valence-corrected chi connectivity index (χ2v) is 4.75. The molecule has 1 aromatic carbocycles. The van der Waals surface area contributed by atoms with E-state index in [1.807, 2.05) is 25.2 Å². The first kappa shape index (κ1) is 12.1. The van der Waals surface area contributed by atoms with Gasteiger partial charge in [0.15, 0.2) is 0 Å². The van der Waals surface area contributed by atoms with Gasteiger partial charge >= 0.3 is 0 Å². The minimum absolute atomic E-state index is 0.00954. The maximum Gasteiger partial charge on any atom is 0.138 e.